The Hall–Kier alpha value is -2.64. The summed E-state index contributed by atoms with van der Waals surface area (Å²) in [6, 6.07) is 5.00. The number of carbonyl (C=O) groups is 3. The maximum absolute atomic E-state index is 13.5. The van der Waals surface area contributed by atoms with E-state index in [1.54, 1.807) is 6.07 Å². The van der Waals surface area contributed by atoms with Crippen molar-refractivity contribution in [1.29, 1.82) is 0 Å². The number of carbonyl (C=O) groups excluding carboxylic acids is 3. The number of rotatable bonds is 2. The quantitative estimate of drug-likeness (QED) is 0.896. The van der Waals surface area contributed by atoms with E-state index < -0.39 is 29.9 Å². The molecule has 0 aliphatic carbocycles. The molecule has 1 atom stereocenters. The molecule has 0 saturated carbocycles. The fraction of sp³-hybridized carbons (Fsp3) is 0.357. The molecule has 22 heavy (non-hydrogen) atoms. The summed E-state index contributed by atoms with van der Waals surface area (Å²) < 4.78 is 18.2. The zero-order valence-electron chi connectivity index (χ0n) is 11.6. The van der Waals surface area contributed by atoms with Gasteiger partial charge in [0.05, 0.1) is 11.7 Å². The number of hydrogen-bond acceptors (Lipinski definition) is 4. The fourth-order valence-corrected chi connectivity index (χ4v) is 2.61. The van der Waals surface area contributed by atoms with E-state index >= 15 is 0 Å². The Morgan fingerprint density at radius 1 is 1.32 bits per heavy atom. The number of halogens is 1. The molecule has 1 N–H and O–H groups in total. The van der Waals surface area contributed by atoms with Gasteiger partial charge < -0.3 is 15.0 Å². The Bertz CT molecular complexity index is 620. The van der Waals surface area contributed by atoms with Crippen LogP contribution in [0.25, 0.3) is 0 Å². The Morgan fingerprint density at radius 2 is 2.09 bits per heavy atom. The third-order valence-electron chi connectivity index (χ3n) is 3.72. The first-order valence-corrected chi connectivity index (χ1v) is 6.85. The highest BCUT2D eigenvalue weighted by Gasteiger charge is 2.41. The first-order valence-electron chi connectivity index (χ1n) is 6.85. The van der Waals surface area contributed by atoms with E-state index in [1.807, 2.05) is 0 Å². The SMILES string of the molecule is O=C(Nc1ccccc1F)N1CCC(N2C(=O)COC2=O)C1. The van der Waals surface area contributed by atoms with Gasteiger partial charge in [0.1, 0.15) is 5.82 Å². The van der Waals surface area contributed by atoms with Gasteiger partial charge in [0.15, 0.2) is 6.61 Å². The second-order valence-corrected chi connectivity index (χ2v) is 5.12. The van der Waals surface area contributed by atoms with Crippen molar-refractivity contribution in [2.45, 2.75) is 12.5 Å². The number of nitrogens with zero attached hydrogens (tertiary/aromatic N) is 2. The van der Waals surface area contributed by atoms with Gasteiger partial charge in [-0.2, -0.15) is 0 Å². The van der Waals surface area contributed by atoms with E-state index in [-0.39, 0.29) is 18.8 Å². The lowest BCUT2D eigenvalue weighted by Gasteiger charge is -2.20. The summed E-state index contributed by atoms with van der Waals surface area (Å²) in [6.45, 7) is 0.333. The monoisotopic (exact) mass is 307 g/mol. The zero-order valence-corrected chi connectivity index (χ0v) is 11.6. The first-order chi connectivity index (χ1) is 10.6. The number of urea groups is 1. The summed E-state index contributed by atoms with van der Waals surface area (Å²) in [4.78, 5) is 37.7. The van der Waals surface area contributed by atoms with Crippen molar-refractivity contribution in [2.75, 3.05) is 25.0 Å². The van der Waals surface area contributed by atoms with Gasteiger partial charge in [0, 0.05) is 13.1 Å². The van der Waals surface area contributed by atoms with Crippen LogP contribution in [-0.4, -0.2) is 53.6 Å². The molecule has 1 aromatic rings. The zero-order chi connectivity index (χ0) is 15.7. The van der Waals surface area contributed by atoms with Gasteiger partial charge in [0.2, 0.25) is 0 Å². The molecule has 116 valence electrons. The van der Waals surface area contributed by atoms with Crippen LogP contribution in [0.15, 0.2) is 24.3 Å². The van der Waals surface area contributed by atoms with E-state index in [0.29, 0.717) is 13.0 Å². The first kappa shape index (κ1) is 14.3. The molecule has 2 fully saturated rings. The van der Waals surface area contributed by atoms with Gasteiger partial charge in [0.25, 0.3) is 5.91 Å². The summed E-state index contributed by atoms with van der Waals surface area (Å²) in [5.41, 5.74) is 0.0904. The minimum atomic E-state index is -0.675. The lowest BCUT2D eigenvalue weighted by Crippen LogP contribution is -2.42. The predicted molar refractivity (Wildman–Crippen MR) is 73.6 cm³/mol. The fourth-order valence-electron chi connectivity index (χ4n) is 2.61. The average molecular weight is 307 g/mol. The van der Waals surface area contributed by atoms with Crippen LogP contribution < -0.4 is 5.32 Å². The number of cyclic esters (lactones) is 1. The van der Waals surface area contributed by atoms with Crippen molar-refractivity contribution < 1.29 is 23.5 Å². The molecule has 3 rings (SSSR count). The lowest BCUT2D eigenvalue weighted by atomic mass is 10.2. The second-order valence-electron chi connectivity index (χ2n) is 5.12. The summed E-state index contributed by atoms with van der Waals surface area (Å²) in [6.07, 6.45) is -0.197. The topological polar surface area (TPSA) is 79.0 Å². The molecular weight excluding hydrogens is 293 g/mol. The molecule has 7 nitrogen and oxygen atoms in total. The molecule has 0 spiro atoms. The van der Waals surface area contributed by atoms with Gasteiger partial charge in [-0.1, -0.05) is 12.1 Å². The van der Waals surface area contributed by atoms with Gasteiger partial charge in [-0.25, -0.2) is 18.9 Å². The minimum Gasteiger partial charge on any atom is -0.439 e. The Kier molecular flexibility index (Phi) is 3.66. The molecule has 1 unspecified atom stereocenters. The minimum absolute atomic E-state index is 0.0904. The van der Waals surface area contributed by atoms with Crippen LogP contribution in [0, 0.1) is 5.82 Å². The normalized spacial score (nSPS) is 21.2. The van der Waals surface area contributed by atoms with Gasteiger partial charge >= 0.3 is 12.1 Å². The van der Waals surface area contributed by atoms with E-state index in [2.05, 4.69) is 10.1 Å². The number of hydrogen-bond donors (Lipinski definition) is 1. The number of anilines is 1. The number of amides is 4. The number of ether oxygens (including phenoxy) is 1. The van der Waals surface area contributed by atoms with E-state index in [9.17, 15) is 18.8 Å². The van der Waals surface area contributed by atoms with Gasteiger partial charge in [-0.3, -0.25) is 4.79 Å². The van der Waals surface area contributed by atoms with Crippen LogP contribution in [0.3, 0.4) is 0 Å². The van der Waals surface area contributed by atoms with Crippen LogP contribution in [0.1, 0.15) is 6.42 Å². The molecule has 4 amide bonds. The van der Waals surface area contributed by atoms with E-state index in [0.717, 1.165) is 4.90 Å². The third kappa shape index (κ3) is 2.59. The Morgan fingerprint density at radius 3 is 2.77 bits per heavy atom. The molecule has 2 aliphatic rings. The highest BCUT2D eigenvalue weighted by atomic mass is 19.1. The highest BCUT2D eigenvalue weighted by Crippen LogP contribution is 2.21. The van der Waals surface area contributed by atoms with E-state index in [4.69, 9.17) is 0 Å². The molecule has 8 heteroatoms. The lowest BCUT2D eigenvalue weighted by molar-refractivity contribution is -0.127. The van der Waals surface area contributed by atoms with E-state index in [1.165, 1.54) is 23.1 Å². The third-order valence-corrected chi connectivity index (χ3v) is 3.72. The van der Waals surface area contributed by atoms with Crippen molar-refractivity contribution >= 4 is 23.7 Å². The smallest absolute Gasteiger partial charge is 0.417 e. The molecule has 0 aromatic heterocycles. The summed E-state index contributed by atoms with van der Waals surface area (Å²) in [5.74, 6) is -0.920. The number of likely N-dealkylation sites (tertiary alicyclic amines) is 1. The Labute approximate surface area is 125 Å². The summed E-state index contributed by atoms with van der Waals surface area (Å²) in [5, 5.41) is 2.48. The van der Waals surface area contributed by atoms with Gasteiger partial charge in [-0.05, 0) is 18.6 Å². The van der Waals surface area contributed by atoms with Crippen molar-refractivity contribution in [3.05, 3.63) is 30.1 Å². The highest BCUT2D eigenvalue weighted by molar-refractivity contribution is 5.98. The number of benzene rings is 1. The molecule has 0 radical (unpaired) electrons. The molecular formula is C14H14FN3O4. The molecule has 2 saturated heterocycles. The molecule has 0 bridgehead atoms. The number of imide groups is 1. The summed E-state index contributed by atoms with van der Waals surface area (Å²) in [7, 11) is 0. The molecule has 2 aliphatic heterocycles. The van der Waals surface area contributed by atoms with Crippen LogP contribution in [0.5, 0.6) is 0 Å². The van der Waals surface area contributed by atoms with Crippen LogP contribution in [0.4, 0.5) is 19.7 Å². The standard InChI is InChI=1S/C14H14FN3O4/c15-10-3-1-2-4-11(10)16-13(20)17-6-5-9(7-17)18-12(19)8-22-14(18)21/h1-4,9H,5-8H2,(H,16,20). The Balaban J connectivity index is 1.63. The predicted octanol–water partition coefficient (Wildman–Crippen LogP) is 1.41. The largest absolute Gasteiger partial charge is 0.439 e. The molecule has 2 heterocycles. The maximum atomic E-state index is 13.5. The van der Waals surface area contributed by atoms with Gasteiger partial charge in [-0.15, -0.1) is 0 Å². The number of para-hydroxylation sites is 1. The van der Waals surface area contributed by atoms with Crippen LogP contribution in [0.2, 0.25) is 0 Å². The van der Waals surface area contributed by atoms with Crippen molar-refractivity contribution in [3.63, 3.8) is 0 Å². The van der Waals surface area contributed by atoms with Crippen LogP contribution in [-0.2, 0) is 9.53 Å². The average Bonchev–Trinajstić information content (AvgIpc) is 3.08. The maximum Gasteiger partial charge on any atom is 0.417 e. The molecule has 1 aromatic carbocycles. The second kappa shape index (κ2) is 5.63. The van der Waals surface area contributed by atoms with Crippen molar-refractivity contribution in [1.82, 2.24) is 9.80 Å². The van der Waals surface area contributed by atoms with Crippen LogP contribution >= 0.6 is 0 Å². The number of nitrogens with one attached hydrogen (secondary N) is 1. The van der Waals surface area contributed by atoms with Crippen molar-refractivity contribution in [3.8, 4) is 0 Å². The van der Waals surface area contributed by atoms with Crippen molar-refractivity contribution in [2.24, 2.45) is 0 Å². The summed E-state index contributed by atoms with van der Waals surface area (Å²) >= 11 is 0.